The summed E-state index contributed by atoms with van der Waals surface area (Å²) in [6.45, 7) is 0.371. The molecule has 2 aliphatic rings. The Hall–Kier alpha value is -4.39. The van der Waals surface area contributed by atoms with Crippen molar-refractivity contribution in [3.63, 3.8) is 0 Å². The number of fused-ring (bicyclic) bond motifs is 1. The van der Waals surface area contributed by atoms with Gasteiger partial charge in [0, 0.05) is 60.3 Å². The molecule has 0 bridgehead atoms. The highest BCUT2D eigenvalue weighted by atomic mass is 19.3. The molecule has 13 heteroatoms. The average Bonchev–Trinajstić information content (AvgIpc) is 3.45. The van der Waals surface area contributed by atoms with Crippen LogP contribution in [-0.2, 0) is 0 Å². The van der Waals surface area contributed by atoms with Crippen molar-refractivity contribution in [3.05, 3.63) is 49.1 Å². The Labute approximate surface area is 229 Å². The number of aliphatic hydroxyl groups is 1. The average molecular weight is 550 g/mol. The van der Waals surface area contributed by atoms with E-state index in [4.69, 9.17) is 4.74 Å². The van der Waals surface area contributed by atoms with Crippen molar-refractivity contribution in [2.24, 2.45) is 0 Å². The first-order valence-corrected chi connectivity index (χ1v) is 13.1. The number of hydrogen-bond donors (Lipinski definition) is 4. The minimum absolute atomic E-state index is 0.103. The van der Waals surface area contributed by atoms with Gasteiger partial charge in [0.1, 0.15) is 18.2 Å². The monoisotopic (exact) mass is 549 g/mol. The van der Waals surface area contributed by atoms with Gasteiger partial charge in [-0.2, -0.15) is 13.9 Å². The molecule has 0 spiro atoms. The van der Waals surface area contributed by atoms with Gasteiger partial charge < -0.3 is 25.8 Å². The zero-order valence-corrected chi connectivity index (χ0v) is 21.8. The topological polar surface area (TPSA) is 135 Å². The van der Waals surface area contributed by atoms with E-state index in [1.54, 1.807) is 24.7 Å². The predicted octanol–water partition coefficient (Wildman–Crippen LogP) is 4.85. The molecule has 1 fully saturated rings. The summed E-state index contributed by atoms with van der Waals surface area (Å²) in [6.07, 6.45) is 9.03. The molecule has 5 heterocycles. The van der Waals surface area contributed by atoms with Crippen LogP contribution in [0.15, 0.2) is 49.1 Å². The molecule has 6 rings (SSSR count). The van der Waals surface area contributed by atoms with Crippen LogP contribution in [0.3, 0.4) is 0 Å². The second-order valence-electron chi connectivity index (χ2n) is 10.2. The third kappa shape index (κ3) is 5.64. The van der Waals surface area contributed by atoms with Gasteiger partial charge >= 0.3 is 6.55 Å². The van der Waals surface area contributed by atoms with Crippen LogP contribution >= 0.6 is 0 Å². The fourth-order valence-corrected chi connectivity index (χ4v) is 4.89. The summed E-state index contributed by atoms with van der Waals surface area (Å²) < 4.78 is 32.6. The molecule has 0 radical (unpaired) electrons. The van der Waals surface area contributed by atoms with Crippen molar-refractivity contribution in [1.29, 1.82) is 0 Å². The number of halogens is 2. The molecule has 4 N–H and O–H groups in total. The molecule has 1 aliphatic heterocycles. The van der Waals surface area contributed by atoms with E-state index >= 15 is 0 Å². The summed E-state index contributed by atoms with van der Waals surface area (Å²) in [5.74, 6) is 2.06. The summed E-state index contributed by atoms with van der Waals surface area (Å²) >= 11 is 0. The van der Waals surface area contributed by atoms with Crippen molar-refractivity contribution in [3.8, 4) is 28.5 Å². The summed E-state index contributed by atoms with van der Waals surface area (Å²) in [6, 6.07) is 7.08. The van der Waals surface area contributed by atoms with Gasteiger partial charge in [-0.3, -0.25) is 0 Å². The minimum atomic E-state index is -2.74. The van der Waals surface area contributed by atoms with Crippen LogP contribution in [0.5, 0.6) is 5.88 Å². The van der Waals surface area contributed by atoms with E-state index in [0.717, 1.165) is 24.1 Å². The number of ether oxygens (including phenoxy) is 1. The first-order valence-electron chi connectivity index (χ1n) is 13.1. The van der Waals surface area contributed by atoms with Crippen molar-refractivity contribution in [2.45, 2.75) is 50.8 Å². The van der Waals surface area contributed by atoms with Crippen molar-refractivity contribution < 1.29 is 18.6 Å². The standard InChI is InChI=1S/C27H29F2N9O2/c1-27(39)6-2-17(3-7-27)34-20-13-23(32-15-18(20)19-5-10-38(37-19)26(28)29)35-22-4-8-31-24(36-22)16-12-21-25(33-14-16)40-11-9-30-21/h4-5,8,10,12-15,17,26,30,39H,2-3,6-7,9,11H2,1H3,(H2,31,32,34,35,36). The van der Waals surface area contributed by atoms with Crippen LogP contribution in [0.25, 0.3) is 22.6 Å². The van der Waals surface area contributed by atoms with Gasteiger partial charge in [-0.1, -0.05) is 0 Å². The maximum atomic E-state index is 13.2. The van der Waals surface area contributed by atoms with Crippen LogP contribution in [0.1, 0.15) is 39.2 Å². The largest absolute Gasteiger partial charge is 0.474 e. The van der Waals surface area contributed by atoms with Crippen LogP contribution in [0.4, 0.5) is 31.8 Å². The summed E-state index contributed by atoms with van der Waals surface area (Å²) in [4.78, 5) is 17.9. The second kappa shape index (κ2) is 10.6. The van der Waals surface area contributed by atoms with Gasteiger partial charge in [-0.05, 0) is 50.8 Å². The van der Waals surface area contributed by atoms with Crippen molar-refractivity contribution in [2.75, 3.05) is 29.1 Å². The highest BCUT2D eigenvalue weighted by Gasteiger charge is 2.29. The van der Waals surface area contributed by atoms with Gasteiger partial charge in [0.2, 0.25) is 5.88 Å². The third-order valence-electron chi connectivity index (χ3n) is 7.09. The van der Waals surface area contributed by atoms with Gasteiger partial charge in [-0.15, -0.1) is 0 Å². The van der Waals surface area contributed by atoms with Crippen LogP contribution in [0.2, 0.25) is 0 Å². The molecule has 0 unspecified atom stereocenters. The molecule has 4 aromatic rings. The van der Waals surface area contributed by atoms with Gasteiger partial charge in [0.25, 0.3) is 0 Å². The van der Waals surface area contributed by atoms with E-state index in [0.29, 0.717) is 71.0 Å². The third-order valence-corrected chi connectivity index (χ3v) is 7.09. The SMILES string of the molecule is CC1(O)CCC(Nc2cc(Nc3ccnc(-c4cnc5c(c4)NCCO5)n3)ncc2-c2ccn(C(F)F)n2)CC1. The highest BCUT2D eigenvalue weighted by Crippen LogP contribution is 2.35. The number of alkyl halides is 2. The van der Waals surface area contributed by atoms with Gasteiger partial charge in [0.15, 0.2) is 5.82 Å². The Balaban J connectivity index is 1.27. The van der Waals surface area contributed by atoms with E-state index in [1.165, 1.54) is 12.3 Å². The fraction of sp³-hybridized carbons (Fsp3) is 0.370. The van der Waals surface area contributed by atoms with E-state index in [2.05, 4.69) is 41.0 Å². The number of rotatable bonds is 7. The van der Waals surface area contributed by atoms with E-state index in [1.807, 2.05) is 19.1 Å². The molecule has 4 aromatic heterocycles. The Kier molecular flexibility index (Phi) is 6.88. The lowest BCUT2D eigenvalue weighted by Crippen LogP contribution is -2.35. The van der Waals surface area contributed by atoms with Crippen LogP contribution in [-0.4, -0.2) is 59.6 Å². The van der Waals surface area contributed by atoms with E-state index < -0.39 is 12.2 Å². The molecule has 1 aliphatic carbocycles. The summed E-state index contributed by atoms with van der Waals surface area (Å²) in [7, 11) is 0. The van der Waals surface area contributed by atoms with E-state index in [-0.39, 0.29) is 6.04 Å². The summed E-state index contributed by atoms with van der Waals surface area (Å²) in [5.41, 5.74) is 2.52. The number of anilines is 4. The molecule has 40 heavy (non-hydrogen) atoms. The number of aromatic nitrogens is 6. The van der Waals surface area contributed by atoms with Crippen molar-refractivity contribution in [1.82, 2.24) is 29.7 Å². The molecule has 0 atom stereocenters. The van der Waals surface area contributed by atoms with E-state index in [9.17, 15) is 13.9 Å². The molecular formula is C27H29F2N9O2. The zero-order valence-electron chi connectivity index (χ0n) is 21.8. The molecule has 0 saturated heterocycles. The first kappa shape index (κ1) is 25.9. The van der Waals surface area contributed by atoms with Gasteiger partial charge in [-0.25, -0.2) is 24.6 Å². The van der Waals surface area contributed by atoms with Crippen LogP contribution in [0, 0.1) is 0 Å². The van der Waals surface area contributed by atoms with Gasteiger partial charge in [0.05, 0.1) is 17.0 Å². The number of nitrogens with one attached hydrogen (secondary N) is 3. The molecule has 11 nitrogen and oxygen atoms in total. The normalized spacial score (nSPS) is 20.4. The Morgan fingerprint density at radius 1 is 1.12 bits per heavy atom. The Morgan fingerprint density at radius 3 is 2.77 bits per heavy atom. The first-order chi connectivity index (χ1) is 19.3. The second-order valence-corrected chi connectivity index (χ2v) is 10.2. The number of nitrogens with zero attached hydrogens (tertiary/aromatic N) is 6. The number of hydrogen-bond acceptors (Lipinski definition) is 10. The molecule has 1 saturated carbocycles. The quantitative estimate of drug-likeness (QED) is 0.253. The van der Waals surface area contributed by atoms with Crippen LogP contribution < -0.4 is 20.7 Å². The molecule has 208 valence electrons. The summed E-state index contributed by atoms with van der Waals surface area (Å²) in [5, 5.41) is 24.4. The Bertz CT molecular complexity index is 1500. The lowest BCUT2D eigenvalue weighted by atomic mass is 9.83. The smallest absolute Gasteiger partial charge is 0.333 e. The Morgan fingerprint density at radius 2 is 1.98 bits per heavy atom. The zero-order chi connectivity index (χ0) is 27.7. The van der Waals surface area contributed by atoms with Crippen molar-refractivity contribution >= 4 is 23.0 Å². The lowest BCUT2D eigenvalue weighted by molar-refractivity contribution is 0.0196. The maximum absolute atomic E-state index is 13.2. The highest BCUT2D eigenvalue weighted by molar-refractivity contribution is 5.78. The minimum Gasteiger partial charge on any atom is -0.474 e. The molecular weight excluding hydrogens is 520 g/mol. The lowest BCUT2D eigenvalue weighted by Gasteiger charge is -2.34. The molecule has 0 amide bonds. The molecule has 0 aromatic carbocycles. The maximum Gasteiger partial charge on any atom is 0.333 e. The fourth-order valence-electron chi connectivity index (χ4n) is 4.89. The number of pyridine rings is 2. The predicted molar refractivity (Wildman–Crippen MR) is 146 cm³/mol.